The van der Waals surface area contributed by atoms with Crippen LogP contribution in [0.4, 0.5) is 0 Å². The van der Waals surface area contributed by atoms with Gasteiger partial charge in [0.25, 0.3) is 0 Å². The van der Waals surface area contributed by atoms with E-state index in [0.717, 1.165) is 46.8 Å². The van der Waals surface area contributed by atoms with Gasteiger partial charge in [0.05, 0.1) is 41.0 Å². The lowest BCUT2D eigenvalue weighted by molar-refractivity contribution is 0.543. The van der Waals surface area contributed by atoms with Crippen LogP contribution in [0.25, 0.3) is 44.2 Å². The molecule has 37 heavy (non-hydrogen) atoms. The molecule has 2 aliphatic carbocycles. The molecule has 2 saturated heterocycles. The summed E-state index contributed by atoms with van der Waals surface area (Å²) in [6.45, 7) is 0. The number of aromatic nitrogens is 4. The lowest BCUT2D eigenvalue weighted by Crippen LogP contribution is -2.30. The number of H-pyrrole nitrogens is 2. The molecule has 2 aromatic heterocycles. The number of nitrogens with one attached hydrogen (secondary N) is 4. The fraction of sp³-hybridized carbons (Fsp3) is 0.290. The van der Waals surface area contributed by atoms with E-state index in [0.29, 0.717) is 18.0 Å². The number of nitrogens with zero attached hydrogens (tertiary/aromatic N) is 2. The highest BCUT2D eigenvalue weighted by Crippen LogP contribution is 2.45. The molecule has 0 spiro atoms. The van der Waals surface area contributed by atoms with E-state index < -0.39 is 0 Å². The van der Waals surface area contributed by atoms with Gasteiger partial charge in [0.15, 0.2) is 0 Å². The Balaban J connectivity index is 0.991. The molecule has 9 rings (SSSR count). The van der Waals surface area contributed by atoms with E-state index in [9.17, 15) is 0 Å². The van der Waals surface area contributed by atoms with Gasteiger partial charge >= 0.3 is 0 Å². The molecule has 6 atom stereocenters. The topological polar surface area (TPSA) is 81.4 Å². The Morgan fingerprint density at radius 2 is 1.54 bits per heavy atom. The van der Waals surface area contributed by atoms with Gasteiger partial charge in [0.1, 0.15) is 11.6 Å². The third-order valence-corrected chi connectivity index (χ3v) is 8.81. The van der Waals surface area contributed by atoms with Gasteiger partial charge in [-0.25, -0.2) is 9.97 Å². The minimum Gasteiger partial charge on any atom is -0.341 e. The van der Waals surface area contributed by atoms with Crippen molar-refractivity contribution in [1.82, 2.24) is 30.6 Å². The summed E-state index contributed by atoms with van der Waals surface area (Å²) < 4.78 is 0. The zero-order valence-electron chi connectivity index (χ0n) is 20.3. The van der Waals surface area contributed by atoms with Gasteiger partial charge in [-0.1, -0.05) is 42.2 Å². The van der Waals surface area contributed by atoms with Crippen LogP contribution in [0.2, 0.25) is 0 Å². The molecule has 180 valence electrons. The number of benzene rings is 3. The maximum absolute atomic E-state index is 4.86. The molecule has 4 aliphatic rings. The SMILES string of the molecule is C1#C[C@H]2N[C@H](c3nc4ccc(-c5ccc6cc(-c7cnc([C@@H]8C[C@H]9C[C@H]9N8)[nH]7)ccc6c5)cc4[nH]3)C[C@@H]12. The van der Waals surface area contributed by atoms with Gasteiger partial charge in [-0.15, -0.1) is 0 Å². The van der Waals surface area contributed by atoms with Crippen LogP contribution in [-0.4, -0.2) is 32.0 Å². The number of piperidine rings is 1. The Kier molecular flexibility index (Phi) is 3.99. The van der Waals surface area contributed by atoms with Crippen LogP contribution < -0.4 is 10.6 Å². The minimum atomic E-state index is 0.245. The average molecular weight is 483 g/mol. The number of rotatable bonds is 4. The van der Waals surface area contributed by atoms with Crippen LogP contribution >= 0.6 is 0 Å². The van der Waals surface area contributed by atoms with E-state index in [-0.39, 0.29) is 6.04 Å². The van der Waals surface area contributed by atoms with E-state index in [1.807, 2.05) is 6.20 Å². The van der Waals surface area contributed by atoms with Crippen molar-refractivity contribution in [2.24, 2.45) is 11.8 Å². The Morgan fingerprint density at radius 3 is 2.32 bits per heavy atom. The first kappa shape index (κ1) is 20.2. The summed E-state index contributed by atoms with van der Waals surface area (Å²) in [6, 6.07) is 21.6. The number of aromatic amines is 2. The zero-order valence-corrected chi connectivity index (χ0v) is 20.3. The molecule has 0 unspecified atom stereocenters. The van der Waals surface area contributed by atoms with Crippen molar-refractivity contribution in [3.8, 4) is 34.2 Å². The molecule has 3 fully saturated rings. The molecule has 0 bridgehead atoms. The van der Waals surface area contributed by atoms with Crippen molar-refractivity contribution in [1.29, 1.82) is 0 Å². The summed E-state index contributed by atoms with van der Waals surface area (Å²) in [5.74, 6) is 9.88. The molecule has 3 aromatic carbocycles. The molecule has 0 amide bonds. The molecule has 6 nitrogen and oxygen atoms in total. The summed E-state index contributed by atoms with van der Waals surface area (Å²) in [6.07, 6.45) is 5.55. The van der Waals surface area contributed by atoms with E-state index in [1.54, 1.807) is 0 Å². The number of hydrogen-bond acceptors (Lipinski definition) is 4. The Morgan fingerprint density at radius 1 is 0.730 bits per heavy atom. The predicted octanol–water partition coefficient (Wildman–Crippen LogP) is 5.23. The molecular weight excluding hydrogens is 456 g/mol. The Hall–Kier alpha value is -3.92. The second kappa shape index (κ2) is 7.32. The largest absolute Gasteiger partial charge is 0.341 e. The third-order valence-electron chi connectivity index (χ3n) is 8.81. The van der Waals surface area contributed by atoms with Crippen molar-refractivity contribution in [3.05, 3.63) is 72.4 Å². The second-order valence-electron chi connectivity index (χ2n) is 11.2. The highest BCUT2D eigenvalue weighted by molar-refractivity contribution is 5.91. The molecule has 2 aliphatic heterocycles. The third kappa shape index (κ3) is 3.21. The van der Waals surface area contributed by atoms with Crippen molar-refractivity contribution in [3.63, 3.8) is 0 Å². The number of imidazole rings is 2. The summed E-state index contributed by atoms with van der Waals surface area (Å²) in [7, 11) is 0. The molecule has 5 aromatic rings. The second-order valence-corrected chi connectivity index (χ2v) is 11.2. The monoisotopic (exact) mass is 482 g/mol. The summed E-state index contributed by atoms with van der Waals surface area (Å²) in [5.41, 5.74) is 6.74. The summed E-state index contributed by atoms with van der Waals surface area (Å²) in [4.78, 5) is 16.7. The van der Waals surface area contributed by atoms with E-state index in [4.69, 9.17) is 4.98 Å². The summed E-state index contributed by atoms with van der Waals surface area (Å²) >= 11 is 0. The quantitative estimate of drug-likeness (QED) is 0.264. The normalized spacial score (nSPS) is 29.1. The van der Waals surface area contributed by atoms with Crippen molar-refractivity contribution >= 4 is 21.8 Å². The Bertz CT molecular complexity index is 1760. The molecule has 6 heteroatoms. The van der Waals surface area contributed by atoms with Crippen LogP contribution in [0.1, 0.15) is 43.0 Å². The van der Waals surface area contributed by atoms with Crippen LogP contribution in [-0.2, 0) is 0 Å². The van der Waals surface area contributed by atoms with Gasteiger partial charge in [-0.05, 0) is 71.3 Å². The number of fused-ring (bicyclic) bond motifs is 4. The molecular formula is C31H26N6. The van der Waals surface area contributed by atoms with Crippen LogP contribution in [0.5, 0.6) is 0 Å². The highest BCUT2D eigenvalue weighted by Gasteiger charge is 2.46. The van der Waals surface area contributed by atoms with Gasteiger partial charge < -0.3 is 15.3 Å². The van der Waals surface area contributed by atoms with E-state index >= 15 is 0 Å². The first-order chi connectivity index (χ1) is 18.2. The fourth-order valence-electron chi connectivity index (χ4n) is 6.53. The van der Waals surface area contributed by atoms with Gasteiger partial charge in [0.2, 0.25) is 0 Å². The van der Waals surface area contributed by atoms with Crippen molar-refractivity contribution in [2.45, 2.75) is 43.4 Å². The van der Waals surface area contributed by atoms with Gasteiger partial charge in [0, 0.05) is 17.5 Å². The number of hydrogen-bond donors (Lipinski definition) is 4. The van der Waals surface area contributed by atoms with Crippen LogP contribution in [0, 0.1) is 23.7 Å². The average Bonchev–Trinajstić information content (AvgIpc) is 3.37. The highest BCUT2D eigenvalue weighted by atomic mass is 15.1. The van der Waals surface area contributed by atoms with E-state index in [2.05, 4.69) is 92.0 Å². The molecule has 4 N–H and O–H groups in total. The van der Waals surface area contributed by atoms with Crippen LogP contribution in [0.3, 0.4) is 0 Å². The first-order valence-corrected chi connectivity index (χ1v) is 13.4. The van der Waals surface area contributed by atoms with Crippen molar-refractivity contribution in [2.75, 3.05) is 0 Å². The maximum atomic E-state index is 4.86. The smallest absolute Gasteiger partial charge is 0.124 e. The zero-order chi connectivity index (χ0) is 24.1. The lowest BCUT2D eigenvalue weighted by atomic mass is 9.93. The summed E-state index contributed by atoms with van der Waals surface area (Å²) in [5, 5.41) is 9.74. The molecule has 4 heterocycles. The van der Waals surface area contributed by atoms with Crippen LogP contribution in [0.15, 0.2) is 60.8 Å². The minimum absolute atomic E-state index is 0.245. The van der Waals surface area contributed by atoms with Crippen molar-refractivity contribution < 1.29 is 0 Å². The van der Waals surface area contributed by atoms with Gasteiger partial charge in [-0.3, -0.25) is 5.32 Å². The standard InChI is InChI=1S/C31H26N6/c1-2-18-10-20(29-15-32-30(37-29)27-14-22-13-25(22)34-27)4-3-16(18)9-17(1)19-5-8-24-26(11-19)36-31(35-24)28-12-21-6-7-23(21)33-28/h1-5,8-11,15,21-23,25,27-28,33-34H,12-14H2,(H,32,37)(H,35,36)/t21-,22-,23-,25-,27+,28+/m1/s1. The molecule has 1 saturated carbocycles. The van der Waals surface area contributed by atoms with Gasteiger partial charge in [-0.2, -0.15) is 0 Å². The fourth-order valence-corrected chi connectivity index (χ4v) is 6.53. The maximum Gasteiger partial charge on any atom is 0.124 e. The first-order valence-electron chi connectivity index (χ1n) is 13.4. The predicted molar refractivity (Wildman–Crippen MR) is 145 cm³/mol. The Labute approximate surface area is 214 Å². The lowest BCUT2D eigenvalue weighted by Gasteiger charge is -2.13. The molecule has 0 radical (unpaired) electrons. The van der Waals surface area contributed by atoms with E-state index in [1.165, 1.54) is 40.3 Å².